The molecule has 1 aromatic carbocycles. The second-order valence-corrected chi connectivity index (χ2v) is 8.66. The first-order chi connectivity index (χ1) is 15.5. The number of rotatable bonds is 8. The number of ether oxygens (including phenoxy) is 1. The van der Waals surface area contributed by atoms with Crippen LogP contribution in [0.15, 0.2) is 36.4 Å². The molecule has 4 rings (SSSR count). The molecule has 7 heteroatoms. The topological polar surface area (TPSA) is 94.9 Å². The Balaban J connectivity index is 1.38. The monoisotopic (exact) mass is 439 g/mol. The van der Waals surface area contributed by atoms with E-state index in [9.17, 15) is 15.0 Å². The Morgan fingerprint density at radius 1 is 1.22 bits per heavy atom. The Morgan fingerprint density at radius 2 is 1.97 bits per heavy atom. The second kappa shape index (κ2) is 10.4. The van der Waals surface area contributed by atoms with Gasteiger partial charge in [0.15, 0.2) is 5.78 Å². The van der Waals surface area contributed by atoms with Gasteiger partial charge in [-0.1, -0.05) is 24.3 Å². The highest BCUT2D eigenvalue weighted by Gasteiger charge is 2.26. The van der Waals surface area contributed by atoms with Crippen molar-refractivity contribution in [2.75, 3.05) is 24.6 Å². The minimum absolute atomic E-state index is 0.0565. The van der Waals surface area contributed by atoms with Crippen LogP contribution in [0.1, 0.15) is 54.1 Å². The molecular weight excluding hydrogens is 406 g/mol. The molecule has 32 heavy (non-hydrogen) atoms. The fraction of sp³-hybridized carbons (Fsp3) is 0.520. The predicted molar refractivity (Wildman–Crippen MR) is 123 cm³/mol. The molecule has 1 saturated heterocycles. The summed E-state index contributed by atoms with van der Waals surface area (Å²) >= 11 is 0. The van der Waals surface area contributed by atoms with Crippen molar-refractivity contribution in [2.45, 2.75) is 63.8 Å². The number of piperidine rings is 1. The number of hydrogen-bond acceptors (Lipinski definition) is 7. The van der Waals surface area contributed by atoms with Gasteiger partial charge in [0, 0.05) is 32.1 Å². The van der Waals surface area contributed by atoms with Crippen molar-refractivity contribution < 1.29 is 19.7 Å². The molecule has 2 aliphatic heterocycles. The number of aliphatic hydroxyl groups is 2. The Labute approximate surface area is 189 Å². The van der Waals surface area contributed by atoms with Crippen LogP contribution < -0.4 is 15.0 Å². The van der Waals surface area contributed by atoms with Crippen molar-refractivity contribution in [3.8, 4) is 5.88 Å². The van der Waals surface area contributed by atoms with Crippen LogP contribution >= 0.6 is 0 Å². The first kappa shape index (κ1) is 22.7. The number of anilines is 1. The zero-order chi connectivity index (χ0) is 22.5. The van der Waals surface area contributed by atoms with E-state index in [0.717, 1.165) is 31.9 Å². The summed E-state index contributed by atoms with van der Waals surface area (Å²) in [5, 5.41) is 23.8. The van der Waals surface area contributed by atoms with Crippen LogP contribution in [0.4, 0.5) is 5.82 Å². The summed E-state index contributed by atoms with van der Waals surface area (Å²) in [5.41, 5.74) is 2.98. The summed E-state index contributed by atoms with van der Waals surface area (Å²) < 4.78 is 5.69. The number of nitrogens with zero attached hydrogens (tertiary/aromatic N) is 2. The van der Waals surface area contributed by atoms with Crippen LogP contribution in [-0.2, 0) is 13.0 Å². The second-order valence-electron chi connectivity index (χ2n) is 8.66. The molecule has 3 heterocycles. The first-order valence-electron chi connectivity index (χ1n) is 11.6. The molecule has 1 aromatic heterocycles. The maximum absolute atomic E-state index is 13.0. The average molecular weight is 440 g/mol. The third-order valence-electron chi connectivity index (χ3n) is 6.46. The van der Waals surface area contributed by atoms with Crippen molar-refractivity contribution in [1.29, 1.82) is 0 Å². The Kier molecular flexibility index (Phi) is 7.40. The van der Waals surface area contributed by atoms with Crippen LogP contribution in [0, 0.1) is 0 Å². The number of Topliss-reactive ketones (excluding diaryl/α,β-unsaturated/α-hetero) is 1. The van der Waals surface area contributed by atoms with Crippen LogP contribution in [0.5, 0.6) is 5.88 Å². The number of carbonyl (C=O) groups excluding carboxylic acids is 1. The van der Waals surface area contributed by atoms with E-state index in [0.29, 0.717) is 37.3 Å². The van der Waals surface area contributed by atoms with E-state index in [1.807, 2.05) is 25.1 Å². The third-order valence-corrected chi connectivity index (χ3v) is 6.46. The molecule has 7 nitrogen and oxygen atoms in total. The van der Waals surface area contributed by atoms with Crippen LogP contribution in [0.2, 0.25) is 0 Å². The molecule has 2 atom stereocenters. The lowest BCUT2D eigenvalue weighted by Gasteiger charge is -2.31. The van der Waals surface area contributed by atoms with Crippen LogP contribution in [-0.4, -0.2) is 58.9 Å². The number of carbonyl (C=O) groups is 1. The van der Waals surface area contributed by atoms with Gasteiger partial charge in [0.2, 0.25) is 5.88 Å². The van der Waals surface area contributed by atoms with E-state index < -0.39 is 6.10 Å². The van der Waals surface area contributed by atoms with E-state index in [1.54, 1.807) is 6.07 Å². The number of benzene rings is 1. The Morgan fingerprint density at radius 3 is 2.72 bits per heavy atom. The van der Waals surface area contributed by atoms with Gasteiger partial charge in [-0.3, -0.25) is 4.79 Å². The number of hydrogen-bond donors (Lipinski definition) is 3. The summed E-state index contributed by atoms with van der Waals surface area (Å²) in [7, 11) is 0. The number of aliphatic hydroxyl groups excluding tert-OH is 2. The van der Waals surface area contributed by atoms with Crippen molar-refractivity contribution in [2.24, 2.45) is 0 Å². The molecule has 3 N–H and O–H groups in total. The number of ketones is 1. The van der Waals surface area contributed by atoms with E-state index in [2.05, 4.69) is 27.3 Å². The summed E-state index contributed by atoms with van der Waals surface area (Å²) in [6, 6.07) is 11.8. The van der Waals surface area contributed by atoms with Gasteiger partial charge in [0.1, 0.15) is 5.82 Å². The SMILES string of the molecule is CCOc1nc(N2CCC(O)CC2)ccc1C(=O)CC[C@@H](O)[C@@H]1Cc2ccccc2CN1. The smallest absolute Gasteiger partial charge is 0.226 e. The Hall–Kier alpha value is -2.48. The van der Waals surface area contributed by atoms with E-state index in [4.69, 9.17) is 4.74 Å². The summed E-state index contributed by atoms with van der Waals surface area (Å²) in [4.78, 5) is 19.7. The van der Waals surface area contributed by atoms with E-state index >= 15 is 0 Å². The van der Waals surface area contributed by atoms with Crippen molar-refractivity contribution >= 4 is 11.6 Å². The molecule has 0 unspecified atom stereocenters. The zero-order valence-electron chi connectivity index (χ0n) is 18.7. The van der Waals surface area contributed by atoms with Gasteiger partial charge in [-0.15, -0.1) is 0 Å². The quantitative estimate of drug-likeness (QED) is 0.544. The summed E-state index contributed by atoms with van der Waals surface area (Å²) in [5.74, 6) is 1.04. The fourth-order valence-corrected chi connectivity index (χ4v) is 4.53. The molecule has 0 saturated carbocycles. The van der Waals surface area contributed by atoms with E-state index in [-0.39, 0.29) is 24.3 Å². The van der Waals surface area contributed by atoms with E-state index in [1.165, 1.54) is 11.1 Å². The number of pyridine rings is 1. The molecule has 2 aromatic rings. The lowest BCUT2D eigenvalue weighted by atomic mass is 9.91. The van der Waals surface area contributed by atoms with Gasteiger partial charge in [-0.2, -0.15) is 4.98 Å². The average Bonchev–Trinajstić information content (AvgIpc) is 2.82. The molecule has 1 fully saturated rings. The van der Waals surface area contributed by atoms with Gasteiger partial charge in [0.25, 0.3) is 0 Å². The Bertz CT molecular complexity index is 927. The number of aromatic nitrogens is 1. The fourth-order valence-electron chi connectivity index (χ4n) is 4.53. The first-order valence-corrected chi connectivity index (χ1v) is 11.6. The summed E-state index contributed by atoms with van der Waals surface area (Å²) in [6.07, 6.45) is 1.95. The van der Waals surface area contributed by atoms with Gasteiger partial charge in [0.05, 0.1) is 24.4 Å². The third kappa shape index (κ3) is 5.28. The standard InChI is InChI=1S/C25H33N3O4/c1-2-32-25-20(7-10-24(27-25)28-13-11-19(29)12-14-28)22(30)8-9-23(31)21-15-17-5-3-4-6-18(17)16-26-21/h3-7,10,19,21,23,26,29,31H,2,8-9,11-16H2,1H3/t21-,23+/m0/s1. The predicted octanol–water partition coefficient (Wildman–Crippen LogP) is 2.48. The minimum atomic E-state index is -0.602. The van der Waals surface area contributed by atoms with Gasteiger partial charge >= 0.3 is 0 Å². The number of fused-ring (bicyclic) bond motifs is 1. The van der Waals surface area contributed by atoms with Crippen molar-refractivity contribution in [3.63, 3.8) is 0 Å². The molecule has 2 aliphatic rings. The molecule has 0 radical (unpaired) electrons. The highest BCUT2D eigenvalue weighted by Crippen LogP contribution is 2.26. The zero-order valence-corrected chi connectivity index (χ0v) is 18.7. The molecule has 0 aliphatic carbocycles. The molecule has 0 spiro atoms. The van der Waals surface area contributed by atoms with Crippen molar-refractivity contribution in [3.05, 3.63) is 53.1 Å². The highest BCUT2D eigenvalue weighted by molar-refractivity contribution is 5.98. The summed E-state index contributed by atoms with van der Waals surface area (Å²) in [6.45, 7) is 4.49. The van der Waals surface area contributed by atoms with Crippen LogP contribution in [0.25, 0.3) is 0 Å². The van der Waals surface area contributed by atoms with Crippen molar-refractivity contribution in [1.82, 2.24) is 10.3 Å². The van der Waals surface area contributed by atoms with Gasteiger partial charge in [-0.25, -0.2) is 0 Å². The van der Waals surface area contributed by atoms with Gasteiger partial charge < -0.3 is 25.2 Å². The maximum atomic E-state index is 13.0. The minimum Gasteiger partial charge on any atom is -0.477 e. The molecular formula is C25H33N3O4. The molecule has 0 bridgehead atoms. The lowest BCUT2D eigenvalue weighted by molar-refractivity contribution is 0.0873. The van der Waals surface area contributed by atoms with Gasteiger partial charge in [-0.05, 0) is 55.9 Å². The maximum Gasteiger partial charge on any atom is 0.226 e. The normalized spacial score (nSPS) is 20.0. The molecule has 172 valence electrons. The highest BCUT2D eigenvalue weighted by atomic mass is 16.5. The van der Waals surface area contributed by atoms with Crippen LogP contribution in [0.3, 0.4) is 0 Å². The molecule has 0 amide bonds. The lowest BCUT2D eigenvalue weighted by Crippen LogP contribution is -2.44. The largest absolute Gasteiger partial charge is 0.477 e. The number of nitrogens with one attached hydrogen (secondary N) is 1.